The first-order valence-electron chi connectivity index (χ1n) is 5.17. The van der Waals surface area contributed by atoms with E-state index in [4.69, 9.17) is 0 Å². The van der Waals surface area contributed by atoms with Crippen molar-refractivity contribution in [3.63, 3.8) is 0 Å². The summed E-state index contributed by atoms with van der Waals surface area (Å²) in [6.45, 7) is 0. The highest BCUT2D eigenvalue weighted by atomic mass is 79.9. The van der Waals surface area contributed by atoms with Gasteiger partial charge >= 0.3 is 0 Å². The van der Waals surface area contributed by atoms with Crippen LogP contribution in [0.3, 0.4) is 0 Å². The number of carbonyl (C=O) groups is 1. The first-order chi connectivity index (χ1) is 7.77. The van der Waals surface area contributed by atoms with Gasteiger partial charge in [-0.3, -0.25) is 4.79 Å². The summed E-state index contributed by atoms with van der Waals surface area (Å²) >= 11 is 5.12. The summed E-state index contributed by atoms with van der Waals surface area (Å²) in [6, 6.07) is 10.1. The van der Waals surface area contributed by atoms with E-state index < -0.39 is 0 Å². The highest BCUT2D eigenvalue weighted by Gasteiger charge is 2.12. The Morgan fingerprint density at radius 2 is 2.12 bits per heavy atom. The molecule has 1 aromatic rings. The fourth-order valence-electron chi connectivity index (χ4n) is 1.36. The summed E-state index contributed by atoms with van der Waals surface area (Å²) in [5.41, 5.74) is 1.14. The molecule has 88 valence electrons. The Labute approximate surface area is 109 Å². The molecule has 0 bridgehead atoms. The predicted octanol–water partition coefficient (Wildman–Crippen LogP) is 2.99. The number of rotatable bonds is 6. The maximum Gasteiger partial charge on any atom is 0.221 e. The van der Waals surface area contributed by atoms with E-state index in [1.165, 1.54) is 0 Å². The lowest BCUT2D eigenvalue weighted by Crippen LogP contribution is -2.29. The van der Waals surface area contributed by atoms with E-state index in [2.05, 4.69) is 21.2 Å². The maximum absolute atomic E-state index is 11.6. The van der Waals surface area contributed by atoms with Crippen LogP contribution in [0.4, 0.5) is 0 Å². The van der Waals surface area contributed by atoms with Gasteiger partial charge in [0.1, 0.15) is 0 Å². The quantitative estimate of drug-likeness (QED) is 0.819. The molecule has 1 rings (SSSR count). The van der Waals surface area contributed by atoms with Gasteiger partial charge in [0, 0.05) is 17.5 Å². The van der Waals surface area contributed by atoms with Crippen LogP contribution in [-0.4, -0.2) is 23.2 Å². The summed E-state index contributed by atoms with van der Waals surface area (Å²) in [4.78, 5) is 11.6. The molecule has 1 amide bonds. The van der Waals surface area contributed by atoms with Crippen LogP contribution in [0, 0.1) is 0 Å². The summed E-state index contributed by atoms with van der Waals surface area (Å²) in [5.74, 6) is 0.984. The van der Waals surface area contributed by atoms with Gasteiger partial charge in [-0.05, 0) is 11.8 Å². The number of hydrogen-bond donors (Lipinski definition) is 1. The van der Waals surface area contributed by atoms with Gasteiger partial charge in [-0.1, -0.05) is 46.3 Å². The molecule has 0 saturated heterocycles. The number of amides is 1. The van der Waals surface area contributed by atoms with Crippen molar-refractivity contribution in [3.05, 3.63) is 35.9 Å². The average molecular weight is 302 g/mol. The van der Waals surface area contributed by atoms with Gasteiger partial charge in [-0.25, -0.2) is 0 Å². The summed E-state index contributed by atoms with van der Waals surface area (Å²) < 4.78 is 0. The Bertz CT molecular complexity index is 318. The zero-order valence-electron chi connectivity index (χ0n) is 9.28. The smallest absolute Gasteiger partial charge is 0.221 e. The molecule has 1 N–H and O–H groups in total. The number of halogens is 1. The first-order valence-corrected chi connectivity index (χ1v) is 7.68. The standard InChI is InChI=1S/C12H16BrNOS/c1-16-8-7-12(15)14-11(9-13)10-5-3-2-4-6-10/h2-6,11H,7-9H2,1H3,(H,14,15). The van der Waals surface area contributed by atoms with Gasteiger partial charge in [0.25, 0.3) is 0 Å². The molecule has 0 fully saturated rings. The minimum absolute atomic E-state index is 0.0653. The van der Waals surface area contributed by atoms with Crippen LogP contribution in [0.1, 0.15) is 18.0 Å². The van der Waals surface area contributed by atoms with E-state index in [9.17, 15) is 4.79 Å². The molecule has 1 unspecified atom stereocenters. The van der Waals surface area contributed by atoms with Crippen LogP contribution in [-0.2, 0) is 4.79 Å². The SMILES string of the molecule is CSCCC(=O)NC(CBr)c1ccccc1. The molecular weight excluding hydrogens is 286 g/mol. The minimum Gasteiger partial charge on any atom is -0.348 e. The Morgan fingerprint density at radius 1 is 1.44 bits per heavy atom. The number of nitrogens with one attached hydrogen (secondary N) is 1. The lowest BCUT2D eigenvalue weighted by Gasteiger charge is -2.16. The molecule has 0 aliphatic heterocycles. The van der Waals surface area contributed by atoms with Crippen molar-refractivity contribution in [2.75, 3.05) is 17.3 Å². The van der Waals surface area contributed by atoms with Gasteiger partial charge in [0.05, 0.1) is 6.04 Å². The van der Waals surface area contributed by atoms with Crippen molar-refractivity contribution in [2.45, 2.75) is 12.5 Å². The van der Waals surface area contributed by atoms with Gasteiger partial charge in [-0.15, -0.1) is 0 Å². The maximum atomic E-state index is 11.6. The largest absolute Gasteiger partial charge is 0.348 e. The zero-order chi connectivity index (χ0) is 11.8. The van der Waals surface area contributed by atoms with Gasteiger partial charge < -0.3 is 5.32 Å². The molecule has 0 heterocycles. The molecule has 0 radical (unpaired) electrons. The molecule has 0 spiro atoms. The molecule has 16 heavy (non-hydrogen) atoms. The Balaban J connectivity index is 2.52. The van der Waals surface area contributed by atoms with E-state index >= 15 is 0 Å². The van der Waals surface area contributed by atoms with E-state index in [0.717, 1.165) is 16.6 Å². The van der Waals surface area contributed by atoms with Crippen molar-refractivity contribution >= 4 is 33.6 Å². The normalized spacial score (nSPS) is 12.1. The Morgan fingerprint density at radius 3 is 2.69 bits per heavy atom. The Kier molecular flexibility index (Phi) is 6.57. The molecule has 0 aromatic heterocycles. The van der Waals surface area contributed by atoms with Crippen LogP contribution in [0.2, 0.25) is 0 Å². The number of hydrogen-bond acceptors (Lipinski definition) is 2. The highest BCUT2D eigenvalue weighted by Crippen LogP contribution is 2.15. The second-order valence-electron chi connectivity index (χ2n) is 3.43. The van der Waals surface area contributed by atoms with Gasteiger partial charge in [0.2, 0.25) is 5.91 Å². The van der Waals surface area contributed by atoms with Crippen LogP contribution < -0.4 is 5.32 Å². The zero-order valence-corrected chi connectivity index (χ0v) is 11.7. The van der Waals surface area contributed by atoms with Crippen molar-refractivity contribution in [1.29, 1.82) is 0 Å². The monoisotopic (exact) mass is 301 g/mol. The molecule has 4 heteroatoms. The highest BCUT2D eigenvalue weighted by molar-refractivity contribution is 9.09. The summed E-state index contributed by atoms with van der Waals surface area (Å²) in [7, 11) is 0. The minimum atomic E-state index is 0.0653. The lowest BCUT2D eigenvalue weighted by atomic mass is 10.1. The van der Waals surface area contributed by atoms with Gasteiger partial charge in [-0.2, -0.15) is 11.8 Å². The third kappa shape index (κ3) is 4.58. The molecular formula is C12H16BrNOS. The second kappa shape index (κ2) is 7.74. The molecule has 1 atom stereocenters. The molecule has 0 saturated carbocycles. The summed E-state index contributed by atoms with van der Waals surface area (Å²) in [5, 5.41) is 3.76. The number of thioether (sulfide) groups is 1. The fraction of sp³-hybridized carbons (Fsp3) is 0.417. The van der Waals surface area contributed by atoms with Crippen molar-refractivity contribution < 1.29 is 4.79 Å². The number of carbonyl (C=O) groups excluding carboxylic acids is 1. The molecule has 2 nitrogen and oxygen atoms in total. The Hall–Kier alpha value is -0.480. The fourth-order valence-corrected chi connectivity index (χ4v) is 2.28. The average Bonchev–Trinajstić information content (AvgIpc) is 2.34. The molecule has 1 aromatic carbocycles. The molecule has 0 aliphatic rings. The van der Waals surface area contributed by atoms with Crippen LogP contribution in [0.5, 0.6) is 0 Å². The first kappa shape index (κ1) is 13.6. The predicted molar refractivity (Wildman–Crippen MR) is 74.1 cm³/mol. The van der Waals surface area contributed by atoms with Crippen molar-refractivity contribution in [1.82, 2.24) is 5.32 Å². The van der Waals surface area contributed by atoms with E-state index in [1.54, 1.807) is 11.8 Å². The van der Waals surface area contributed by atoms with Crippen LogP contribution in [0.25, 0.3) is 0 Å². The second-order valence-corrected chi connectivity index (χ2v) is 5.06. The van der Waals surface area contributed by atoms with Gasteiger partial charge in [0.15, 0.2) is 0 Å². The third-order valence-electron chi connectivity index (χ3n) is 2.22. The van der Waals surface area contributed by atoms with Crippen LogP contribution in [0.15, 0.2) is 30.3 Å². The van der Waals surface area contributed by atoms with Crippen molar-refractivity contribution in [2.24, 2.45) is 0 Å². The third-order valence-corrected chi connectivity index (χ3v) is 3.48. The van der Waals surface area contributed by atoms with Crippen LogP contribution >= 0.6 is 27.7 Å². The number of alkyl halides is 1. The summed E-state index contributed by atoms with van der Waals surface area (Å²) in [6.07, 6.45) is 2.59. The topological polar surface area (TPSA) is 29.1 Å². The molecule has 0 aliphatic carbocycles. The van der Waals surface area contributed by atoms with Crippen molar-refractivity contribution in [3.8, 4) is 0 Å². The van der Waals surface area contributed by atoms with E-state index in [-0.39, 0.29) is 11.9 Å². The van der Waals surface area contributed by atoms with E-state index in [1.807, 2.05) is 36.6 Å². The lowest BCUT2D eigenvalue weighted by molar-refractivity contribution is -0.121. The number of benzene rings is 1. The van der Waals surface area contributed by atoms with E-state index in [0.29, 0.717) is 6.42 Å².